The zero-order valence-electron chi connectivity index (χ0n) is 12.8. The second kappa shape index (κ2) is 6.17. The van der Waals surface area contributed by atoms with E-state index < -0.39 is 0 Å². The normalized spacial score (nSPS) is 17.7. The van der Waals surface area contributed by atoms with E-state index in [9.17, 15) is 4.79 Å². The number of methoxy groups -OCH3 is 1. The highest BCUT2D eigenvalue weighted by atomic mass is 16.5. The van der Waals surface area contributed by atoms with Crippen LogP contribution in [-0.2, 0) is 4.79 Å². The number of hydrogen-bond acceptors (Lipinski definition) is 5. The van der Waals surface area contributed by atoms with Gasteiger partial charge in [-0.2, -0.15) is 4.98 Å². The molecule has 2 aromatic rings. The third-order valence-corrected chi connectivity index (χ3v) is 3.93. The first-order valence-electron chi connectivity index (χ1n) is 7.50. The van der Waals surface area contributed by atoms with Gasteiger partial charge in [0.1, 0.15) is 11.8 Å². The van der Waals surface area contributed by atoms with E-state index in [-0.39, 0.29) is 11.9 Å². The van der Waals surface area contributed by atoms with Crippen LogP contribution in [-0.4, -0.2) is 34.6 Å². The second-order valence-electron chi connectivity index (χ2n) is 5.29. The Morgan fingerprint density at radius 2 is 2.36 bits per heavy atom. The average Bonchev–Trinajstić information content (AvgIpc) is 3.22. The summed E-state index contributed by atoms with van der Waals surface area (Å²) in [6, 6.07) is 7.41. The van der Waals surface area contributed by atoms with Crippen molar-refractivity contribution in [2.45, 2.75) is 32.2 Å². The smallest absolute Gasteiger partial charge is 0.249 e. The number of rotatable bonds is 4. The molecule has 0 bridgehead atoms. The van der Waals surface area contributed by atoms with Crippen LogP contribution >= 0.6 is 0 Å². The largest absolute Gasteiger partial charge is 0.497 e. The molecular formula is C16H19N3O3. The number of likely N-dealkylation sites (tertiary alicyclic amines) is 1. The van der Waals surface area contributed by atoms with Crippen LogP contribution in [0.5, 0.6) is 5.75 Å². The molecule has 6 nitrogen and oxygen atoms in total. The molecule has 0 N–H and O–H groups in total. The Bertz CT molecular complexity index is 668. The minimum atomic E-state index is -0.0979. The van der Waals surface area contributed by atoms with Crippen LogP contribution in [0, 0.1) is 0 Å². The highest BCUT2D eigenvalue weighted by molar-refractivity contribution is 5.76. The van der Waals surface area contributed by atoms with Gasteiger partial charge in [-0.25, -0.2) is 0 Å². The van der Waals surface area contributed by atoms with Crippen LogP contribution < -0.4 is 4.74 Å². The van der Waals surface area contributed by atoms with Crippen molar-refractivity contribution in [3.8, 4) is 17.1 Å². The Hall–Kier alpha value is -2.37. The van der Waals surface area contributed by atoms with Crippen molar-refractivity contribution >= 4 is 5.91 Å². The summed E-state index contributed by atoms with van der Waals surface area (Å²) >= 11 is 0. The van der Waals surface area contributed by atoms with E-state index >= 15 is 0 Å². The van der Waals surface area contributed by atoms with Gasteiger partial charge < -0.3 is 14.2 Å². The minimum absolute atomic E-state index is 0.0979. The van der Waals surface area contributed by atoms with Gasteiger partial charge in [-0.05, 0) is 25.0 Å². The maximum Gasteiger partial charge on any atom is 0.249 e. The second-order valence-corrected chi connectivity index (χ2v) is 5.29. The number of hydrogen-bond donors (Lipinski definition) is 0. The summed E-state index contributed by atoms with van der Waals surface area (Å²) < 4.78 is 10.6. The lowest BCUT2D eigenvalue weighted by Gasteiger charge is -2.20. The predicted molar refractivity (Wildman–Crippen MR) is 80.3 cm³/mol. The predicted octanol–water partition coefficient (Wildman–Crippen LogP) is 2.82. The monoisotopic (exact) mass is 301 g/mol. The molecule has 0 aliphatic carbocycles. The van der Waals surface area contributed by atoms with Gasteiger partial charge in [0.25, 0.3) is 0 Å². The number of amides is 1. The van der Waals surface area contributed by atoms with Crippen LogP contribution in [0.3, 0.4) is 0 Å². The molecule has 1 amide bonds. The van der Waals surface area contributed by atoms with E-state index in [2.05, 4.69) is 10.1 Å². The van der Waals surface area contributed by atoms with Crippen molar-refractivity contribution < 1.29 is 14.1 Å². The highest BCUT2D eigenvalue weighted by Gasteiger charge is 2.33. The summed E-state index contributed by atoms with van der Waals surface area (Å²) in [6.07, 6.45) is 2.33. The van der Waals surface area contributed by atoms with Crippen LogP contribution in [0.2, 0.25) is 0 Å². The SMILES string of the molecule is CCC(=O)N1CCC[C@H]1c1nc(-c2cccc(OC)c2)no1. The van der Waals surface area contributed by atoms with Crippen LogP contribution in [0.25, 0.3) is 11.4 Å². The van der Waals surface area contributed by atoms with E-state index in [1.165, 1.54) is 0 Å². The molecule has 1 saturated heterocycles. The van der Waals surface area contributed by atoms with Crippen molar-refractivity contribution in [3.05, 3.63) is 30.2 Å². The standard InChI is InChI=1S/C16H19N3O3/c1-3-14(20)19-9-5-8-13(19)16-17-15(18-22-16)11-6-4-7-12(10-11)21-2/h4,6-7,10,13H,3,5,8-9H2,1-2H3/t13-/m0/s1. The maximum absolute atomic E-state index is 12.0. The van der Waals surface area contributed by atoms with Gasteiger partial charge in [-0.3, -0.25) is 4.79 Å². The molecule has 3 rings (SSSR count). The molecule has 2 heterocycles. The molecule has 1 aromatic carbocycles. The lowest BCUT2D eigenvalue weighted by atomic mass is 10.2. The fourth-order valence-corrected chi connectivity index (χ4v) is 2.78. The summed E-state index contributed by atoms with van der Waals surface area (Å²) in [4.78, 5) is 18.3. The summed E-state index contributed by atoms with van der Waals surface area (Å²) in [5, 5.41) is 4.05. The van der Waals surface area contributed by atoms with Crippen molar-refractivity contribution in [2.24, 2.45) is 0 Å². The van der Waals surface area contributed by atoms with E-state index in [1.54, 1.807) is 7.11 Å². The average molecular weight is 301 g/mol. The molecule has 1 fully saturated rings. The van der Waals surface area contributed by atoms with Gasteiger partial charge in [0, 0.05) is 18.5 Å². The van der Waals surface area contributed by atoms with Crippen LogP contribution in [0.15, 0.2) is 28.8 Å². The quantitative estimate of drug-likeness (QED) is 0.868. The molecule has 1 aliphatic heterocycles. The molecule has 1 atom stereocenters. The van der Waals surface area contributed by atoms with Crippen LogP contribution in [0.4, 0.5) is 0 Å². The van der Waals surface area contributed by atoms with E-state index in [4.69, 9.17) is 9.26 Å². The Labute approximate surface area is 129 Å². The topological polar surface area (TPSA) is 68.5 Å². The maximum atomic E-state index is 12.0. The summed E-state index contributed by atoms with van der Waals surface area (Å²) in [6.45, 7) is 2.63. The number of ether oxygens (including phenoxy) is 1. The highest BCUT2D eigenvalue weighted by Crippen LogP contribution is 2.32. The van der Waals surface area contributed by atoms with Gasteiger partial charge in [-0.1, -0.05) is 24.2 Å². The molecule has 22 heavy (non-hydrogen) atoms. The van der Waals surface area contributed by atoms with Gasteiger partial charge in [0.2, 0.25) is 17.6 Å². The molecule has 6 heteroatoms. The number of carbonyl (C=O) groups is 1. The molecule has 1 aromatic heterocycles. The fraction of sp³-hybridized carbons (Fsp3) is 0.438. The van der Waals surface area contributed by atoms with E-state index in [1.807, 2.05) is 36.1 Å². The molecule has 116 valence electrons. The fourth-order valence-electron chi connectivity index (χ4n) is 2.78. The zero-order chi connectivity index (χ0) is 15.5. The summed E-state index contributed by atoms with van der Waals surface area (Å²) in [5.74, 6) is 1.90. The lowest BCUT2D eigenvalue weighted by Crippen LogP contribution is -2.29. The molecule has 0 spiro atoms. The van der Waals surface area contributed by atoms with Crippen LogP contribution in [0.1, 0.15) is 38.1 Å². The Balaban J connectivity index is 1.85. The number of carbonyl (C=O) groups excluding carboxylic acids is 1. The van der Waals surface area contributed by atoms with Gasteiger partial charge in [-0.15, -0.1) is 0 Å². The molecular weight excluding hydrogens is 282 g/mol. The Morgan fingerprint density at radius 3 is 3.14 bits per heavy atom. The first kappa shape index (κ1) is 14.6. The first-order chi connectivity index (χ1) is 10.7. The van der Waals surface area contributed by atoms with Crippen molar-refractivity contribution in [1.29, 1.82) is 0 Å². The van der Waals surface area contributed by atoms with Crippen molar-refractivity contribution in [1.82, 2.24) is 15.0 Å². The Morgan fingerprint density at radius 1 is 1.50 bits per heavy atom. The van der Waals surface area contributed by atoms with Crippen molar-refractivity contribution in [3.63, 3.8) is 0 Å². The van der Waals surface area contributed by atoms with Gasteiger partial charge in [0.05, 0.1) is 7.11 Å². The lowest BCUT2D eigenvalue weighted by molar-refractivity contribution is -0.132. The summed E-state index contributed by atoms with van der Waals surface area (Å²) in [7, 11) is 1.62. The number of aromatic nitrogens is 2. The zero-order valence-corrected chi connectivity index (χ0v) is 12.8. The van der Waals surface area contributed by atoms with E-state index in [0.717, 1.165) is 30.7 Å². The molecule has 0 saturated carbocycles. The number of nitrogens with zero attached hydrogens (tertiary/aromatic N) is 3. The summed E-state index contributed by atoms with van der Waals surface area (Å²) in [5.41, 5.74) is 0.834. The van der Waals surface area contributed by atoms with E-state index in [0.29, 0.717) is 18.1 Å². The minimum Gasteiger partial charge on any atom is -0.497 e. The van der Waals surface area contributed by atoms with Gasteiger partial charge >= 0.3 is 0 Å². The first-order valence-corrected chi connectivity index (χ1v) is 7.50. The van der Waals surface area contributed by atoms with Crippen molar-refractivity contribution in [2.75, 3.05) is 13.7 Å². The molecule has 0 unspecified atom stereocenters. The number of benzene rings is 1. The van der Waals surface area contributed by atoms with Gasteiger partial charge in [0.15, 0.2) is 0 Å². The Kier molecular flexibility index (Phi) is 4.09. The molecule has 1 aliphatic rings. The molecule has 0 radical (unpaired) electrons. The third kappa shape index (κ3) is 2.68. The third-order valence-electron chi connectivity index (χ3n) is 3.93.